The molecule has 0 aromatic heterocycles. The molecule has 3 rings (SSSR count). The van der Waals surface area contributed by atoms with E-state index in [4.69, 9.17) is 10.5 Å². The van der Waals surface area contributed by atoms with Gasteiger partial charge in [0, 0.05) is 19.0 Å². The molecule has 1 atom stereocenters. The van der Waals surface area contributed by atoms with Crippen molar-refractivity contribution in [2.24, 2.45) is 5.73 Å². The van der Waals surface area contributed by atoms with Crippen LogP contribution >= 0.6 is 0 Å². The molecule has 4 heteroatoms. The van der Waals surface area contributed by atoms with Crippen molar-refractivity contribution in [1.29, 1.82) is 0 Å². The third-order valence-corrected chi connectivity index (χ3v) is 4.14. The van der Waals surface area contributed by atoms with Crippen LogP contribution < -0.4 is 15.4 Å². The molecule has 2 N–H and O–H groups in total. The molecule has 2 aromatic carbocycles. The highest BCUT2D eigenvalue weighted by Crippen LogP contribution is 2.31. The predicted molar refractivity (Wildman–Crippen MR) is 91.5 cm³/mol. The number of rotatable bonds is 4. The van der Waals surface area contributed by atoms with E-state index in [0.29, 0.717) is 26.0 Å². The molecule has 0 radical (unpaired) electrons. The molecule has 0 fully saturated rings. The van der Waals surface area contributed by atoms with Gasteiger partial charge in [0.05, 0.1) is 12.3 Å². The van der Waals surface area contributed by atoms with Gasteiger partial charge in [-0.1, -0.05) is 42.5 Å². The van der Waals surface area contributed by atoms with Gasteiger partial charge in [-0.3, -0.25) is 4.79 Å². The lowest BCUT2D eigenvalue weighted by atomic mass is 10.0. The van der Waals surface area contributed by atoms with Crippen LogP contribution in [0.3, 0.4) is 0 Å². The van der Waals surface area contributed by atoms with Crippen molar-refractivity contribution in [2.45, 2.75) is 25.3 Å². The van der Waals surface area contributed by atoms with Crippen molar-refractivity contribution in [1.82, 2.24) is 0 Å². The lowest BCUT2D eigenvalue weighted by molar-refractivity contribution is -0.118. The van der Waals surface area contributed by atoms with Crippen LogP contribution in [-0.4, -0.2) is 19.1 Å². The Bertz CT molecular complexity index is 657. The first kappa shape index (κ1) is 15.6. The molecule has 0 spiro atoms. The molecule has 0 bridgehead atoms. The number of fused-ring (bicyclic) bond motifs is 1. The van der Waals surface area contributed by atoms with E-state index in [1.54, 1.807) is 0 Å². The van der Waals surface area contributed by atoms with E-state index in [1.807, 2.05) is 59.5 Å². The molecule has 1 amide bonds. The average molecular weight is 310 g/mol. The Balaban J connectivity index is 1.66. The molecular formula is C19H22N2O2. The topological polar surface area (TPSA) is 55.6 Å². The van der Waals surface area contributed by atoms with Crippen LogP contribution in [0.25, 0.3) is 0 Å². The maximum Gasteiger partial charge on any atom is 0.227 e. The third-order valence-electron chi connectivity index (χ3n) is 4.14. The Morgan fingerprint density at radius 2 is 1.87 bits per heavy atom. The van der Waals surface area contributed by atoms with E-state index >= 15 is 0 Å². The molecule has 1 unspecified atom stereocenters. The van der Waals surface area contributed by atoms with Gasteiger partial charge in [0.1, 0.15) is 5.75 Å². The van der Waals surface area contributed by atoms with Gasteiger partial charge >= 0.3 is 0 Å². The average Bonchev–Trinajstić information content (AvgIpc) is 2.82. The van der Waals surface area contributed by atoms with Gasteiger partial charge in [-0.2, -0.15) is 0 Å². The molecule has 23 heavy (non-hydrogen) atoms. The predicted octanol–water partition coefficient (Wildman–Crippen LogP) is 3.28. The molecule has 2 aromatic rings. The summed E-state index contributed by atoms with van der Waals surface area (Å²) in [6.07, 6.45) is 1.91. The highest BCUT2D eigenvalue weighted by atomic mass is 16.5. The summed E-state index contributed by atoms with van der Waals surface area (Å²) in [5.74, 6) is 0.889. The SMILES string of the molecule is NC(CCC(=O)N1CCCOc2ccccc21)c1ccccc1. The van der Waals surface area contributed by atoms with Gasteiger partial charge < -0.3 is 15.4 Å². The van der Waals surface area contributed by atoms with Gasteiger partial charge in [-0.05, 0) is 30.5 Å². The standard InChI is InChI=1S/C19H22N2O2/c20-16(15-7-2-1-3-8-15)11-12-19(22)21-13-6-14-23-18-10-5-4-9-17(18)21/h1-5,7-10,16H,6,11-14,20H2. The fourth-order valence-electron chi connectivity index (χ4n) is 2.87. The number of para-hydroxylation sites is 2. The van der Waals surface area contributed by atoms with Gasteiger partial charge in [0.25, 0.3) is 0 Å². The van der Waals surface area contributed by atoms with E-state index in [0.717, 1.165) is 23.4 Å². The lowest BCUT2D eigenvalue weighted by Gasteiger charge is -2.22. The number of anilines is 1. The molecule has 120 valence electrons. The van der Waals surface area contributed by atoms with E-state index in [9.17, 15) is 4.79 Å². The van der Waals surface area contributed by atoms with Crippen LogP contribution in [0, 0.1) is 0 Å². The second-order valence-electron chi connectivity index (χ2n) is 5.77. The molecule has 1 aliphatic heterocycles. The van der Waals surface area contributed by atoms with Gasteiger partial charge in [0.15, 0.2) is 0 Å². The third kappa shape index (κ3) is 3.71. The number of amides is 1. The lowest BCUT2D eigenvalue weighted by Crippen LogP contribution is -2.32. The minimum Gasteiger partial charge on any atom is -0.491 e. The van der Waals surface area contributed by atoms with Crippen molar-refractivity contribution in [3.05, 3.63) is 60.2 Å². The number of ether oxygens (including phenoxy) is 1. The zero-order valence-electron chi connectivity index (χ0n) is 13.2. The van der Waals surface area contributed by atoms with E-state index in [-0.39, 0.29) is 11.9 Å². The summed E-state index contributed by atoms with van der Waals surface area (Å²) in [6, 6.07) is 17.5. The second-order valence-corrected chi connectivity index (χ2v) is 5.77. The number of carbonyl (C=O) groups is 1. The molecule has 0 saturated heterocycles. The van der Waals surface area contributed by atoms with E-state index in [1.165, 1.54) is 0 Å². The van der Waals surface area contributed by atoms with Crippen LogP contribution in [0.15, 0.2) is 54.6 Å². The Morgan fingerprint density at radius 3 is 2.70 bits per heavy atom. The van der Waals surface area contributed by atoms with Gasteiger partial charge in [-0.25, -0.2) is 0 Å². The highest BCUT2D eigenvalue weighted by Gasteiger charge is 2.22. The fraction of sp³-hybridized carbons (Fsp3) is 0.316. The molecule has 1 heterocycles. The van der Waals surface area contributed by atoms with Gasteiger partial charge in [0.2, 0.25) is 5.91 Å². The van der Waals surface area contributed by atoms with Gasteiger partial charge in [-0.15, -0.1) is 0 Å². The molecule has 4 nitrogen and oxygen atoms in total. The summed E-state index contributed by atoms with van der Waals surface area (Å²) in [6.45, 7) is 1.33. The first-order valence-corrected chi connectivity index (χ1v) is 8.08. The first-order chi connectivity index (χ1) is 11.3. The molecular weight excluding hydrogens is 288 g/mol. The number of benzene rings is 2. The Hall–Kier alpha value is -2.33. The van der Waals surface area contributed by atoms with Crippen molar-refractivity contribution < 1.29 is 9.53 Å². The largest absolute Gasteiger partial charge is 0.491 e. The van der Waals surface area contributed by atoms with Crippen molar-refractivity contribution in [2.75, 3.05) is 18.1 Å². The number of carbonyl (C=O) groups excluding carboxylic acids is 1. The van der Waals surface area contributed by atoms with Crippen LogP contribution in [0.1, 0.15) is 30.9 Å². The zero-order chi connectivity index (χ0) is 16.1. The Labute approximate surface area is 136 Å². The van der Waals surface area contributed by atoms with Crippen molar-refractivity contribution >= 4 is 11.6 Å². The minimum absolute atomic E-state index is 0.106. The summed E-state index contributed by atoms with van der Waals surface area (Å²) < 4.78 is 5.71. The van der Waals surface area contributed by atoms with Crippen LogP contribution in [0.5, 0.6) is 5.75 Å². The molecule has 0 aliphatic carbocycles. The minimum atomic E-state index is -0.112. The summed E-state index contributed by atoms with van der Waals surface area (Å²) in [4.78, 5) is 14.5. The Morgan fingerprint density at radius 1 is 1.13 bits per heavy atom. The molecule has 0 saturated carbocycles. The van der Waals surface area contributed by atoms with Crippen LogP contribution in [0.4, 0.5) is 5.69 Å². The quantitative estimate of drug-likeness (QED) is 0.943. The van der Waals surface area contributed by atoms with E-state index in [2.05, 4.69) is 0 Å². The Kier molecular flexibility index (Phi) is 4.93. The summed E-state index contributed by atoms with van der Waals surface area (Å²) in [7, 11) is 0. The van der Waals surface area contributed by atoms with Crippen LogP contribution in [0.2, 0.25) is 0 Å². The smallest absolute Gasteiger partial charge is 0.227 e. The number of nitrogens with two attached hydrogens (primary N) is 1. The normalized spacial score (nSPS) is 15.3. The van der Waals surface area contributed by atoms with Crippen molar-refractivity contribution in [3.63, 3.8) is 0 Å². The summed E-state index contributed by atoms with van der Waals surface area (Å²) in [5, 5.41) is 0. The maximum atomic E-state index is 12.7. The summed E-state index contributed by atoms with van der Waals surface area (Å²) in [5.41, 5.74) is 8.14. The monoisotopic (exact) mass is 310 g/mol. The number of hydrogen-bond acceptors (Lipinski definition) is 3. The number of hydrogen-bond donors (Lipinski definition) is 1. The first-order valence-electron chi connectivity index (χ1n) is 8.08. The molecule has 1 aliphatic rings. The van der Waals surface area contributed by atoms with E-state index < -0.39 is 0 Å². The van der Waals surface area contributed by atoms with Crippen molar-refractivity contribution in [3.8, 4) is 5.75 Å². The van der Waals surface area contributed by atoms with Crippen LogP contribution in [-0.2, 0) is 4.79 Å². The zero-order valence-corrected chi connectivity index (χ0v) is 13.2. The highest BCUT2D eigenvalue weighted by molar-refractivity contribution is 5.95. The fourth-order valence-corrected chi connectivity index (χ4v) is 2.87. The summed E-state index contributed by atoms with van der Waals surface area (Å²) >= 11 is 0. The maximum absolute atomic E-state index is 12.7. The number of nitrogens with zero attached hydrogens (tertiary/aromatic N) is 1. The second kappa shape index (κ2) is 7.29.